The zero-order chi connectivity index (χ0) is 21.5. The third-order valence-corrected chi connectivity index (χ3v) is 6.47. The molecule has 31 heavy (non-hydrogen) atoms. The minimum absolute atomic E-state index is 0.141. The van der Waals surface area contributed by atoms with Crippen molar-refractivity contribution in [1.82, 2.24) is 5.01 Å². The van der Waals surface area contributed by atoms with Gasteiger partial charge in [-0.2, -0.15) is 10.1 Å². The van der Waals surface area contributed by atoms with Crippen LogP contribution in [-0.4, -0.2) is 30.1 Å². The lowest BCUT2D eigenvalue weighted by Gasteiger charge is -2.15. The van der Waals surface area contributed by atoms with E-state index in [0.717, 1.165) is 17.0 Å². The number of amides is 2. The highest BCUT2D eigenvalue weighted by molar-refractivity contribution is 6.31. The van der Waals surface area contributed by atoms with Crippen molar-refractivity contribution in [1.29, 1.82) is 0 Å². The van der Waals surface area contributed by atoms with Crippen LogP contribution >= 0.6 is 11.6 Å². The Bertz CT molecular complexity index is 1070. The van der Waals surface area contributed by atoms with Crippen molar-refractivity contribution in [2.75, 3.05) is 7.11 Å². The molecule has 2 aliphatic carbocycles. The number of ether oxygens (including phenoxy) is 2. The average molecular weight is 437 g/mol. The fourth-order valence-corrected chi connectivity index (χ4v) is 5.06. The number of allylic oxidation sites excluding steroid dienone is 2. The molecule has 4 atom stereocenters. The van der Waals surface area contributed by atoms with Crippen LogP contribution in [0.4, 0.5) is 0 Å². The van der Waals surface area contributed by atoms with Crippen molar-refractivity contribution in [3.63, 3.8) is 0 Å². The summed E-state index contributed by atoms with van der Waals surface area (Å²) >= 11 is 6.24. The van der Waals surface area contributed by atoms with Gasteiger partial charge in [0.25, 0.3) is 11.8 Å². The Kier molecular flexibility index (Phi) is 5.02. The summed E-state index contributed by atoms with van der Waals surface area (Å²) in [7, 11) is 1.53. The van der Waals surface area contributed by atoms with E-state index in [2.05, 4.69) is 17.3 Å². The van der Waals surface area contributed by atoms with Gasteiger partial charge in [-0.3, -0.25) is 9.59 Å². The van der Waals surface area contributed by atoms with Gasteiger partial charge in [0.15, 0.2) is 11.5 Å². The summed E-state index contributed by atoms with van der Waals surface area (Å²) in [6.45, 7) is 0.320. The van der Waals surface area contributed by atoms with E-state index in [-0.39, 0.29) is 35.5 Å². The molecule has 2 amide bonds. The molecule has 0 spiro atoms. The van der Waals surface area contributed by atoms with Crippen molar-refractivity contribution < 1.29 is 19.1 Å². The Labute approximate surface area is 185 Å². The molecule has 2 bridgehead atoms. The summed E-state index contributed by atoms with van der Waals surface area (Å²) in [5.74, 6) is 0.131. The van der Waals surface area contributed by atoms with Gasteiger partial charge < -0.3 is 9.47 Å². The van der Waals surface area contributed by atoms with Crippen LogP contribution < -0.4 is 9.47 Å². The second kappa shape index (κ2) is 7.85. The van der Waals surface area contributed by atoms with Gasteiger partial charge in [0.1, 0.15) is 6.61 Å². The minimum atomic E-state index is -0.289. The van der Waals surface area contributed by atoms with E-state index >= 15 is 0 Å². The van der Waals surface area contributed by atoms with Crippen molar-refractivity contribution in [2.24, 2.45) is 28.8 Å². The molecule has 1 aliphatic heterocycles. The van der Waals surface area contributed by atoms with E-state index in [1.54, 1.807) is 12.1 Å². The number of carbonyl (C=O) groups excluding carboxylic acids is 2. The van der Waals surface area contributed by atoms with Crippen LogP contribution in [0, 0.1) is 23.7 Å². The first-order valence-corrected chi connectivity index (χ1v) is 10.6. The minimum Gasteiger partial charge on any atom is -0.493 e. The van der Waals surface area contributed by atoms with Crippen LogP contribution in [-0.2, 0) is 16.2 Å². The molecule has 0 aromatic heterocycles. The third-order valence-electron chi connectivity index (χ3n) is 6.25. The fraction of sp³-hybridized carbons (Fsp3) is 0.292. The topological polar surface area (TPSA) is 68.2 Å². The molecule has 6 nitrogen and oxygen atoms in total. The highest BCUT2D eigenvalue weighted by Crippen LogP contribution is 2.52. The van der Waals surface area contributed by atoms with Gasteiger partial charge in [-0.1, -0.05) is 54.1 Å². The number of benzene rings is 2. The maximum absolute atomic E-state index is 12.9. The number of nitrogens with zero attached hydrogens (tertiary/aromatic N) is 2. The average Bonchev–Trinajstić information content (AvgIpc) is 3.46. The fourth-order valence-electron chi connectivity index (χ4n) is 4.84. The largest absolute Gasteiger partial charge is 0.493 e. The molecule has 3 aliphatic rings. The van der Waals surface area contributed by atoms with Crippen molar-refractivity contribution >= 4 is 29.6 Å². The summed E-state index contributed by atoms with van der Waals surface area (Å²) < 4.78 is 11.5. The highest BCUT2D eigenvalue weighted by Gasteiger charge is 2.59. The number of halogens is 1. The molecule has 1 saturated heterocycles. The maximum Gasteiger partial charge on any atom is 0.254 e. The van der Waals surface area contributed by atoms with Gasteiger partial charge in [0.2, 0.25) is 0 Å². The molecule has 2 fully saturated rings. The van der Waals surface area contributed by atoms with Crippen LogP contribution in [0.5, 0.6) is 11.5 Å². The quantitative estimate of drug-likeness (QED) is 0.389. The van der Waals surface area contributed by atoms with E-state index in [0.29, 0.717) is 28.7 Å². The Balaban J connectivity index is 1.42. The lowest BCUT2D eigenvalue weighted by Crippen LogP contribution is -2.28. The highest BCUT2D eigenvalue weighted by atomic mass is 35.5. The van der Waals surface area contributed by atoms with Crippen LogP contribution in [0.2, 0.25) is 5.02 Å². The monoisotopic (exact) mass is 436 g/mol. The van der Waals surface area contributed by atoms with E-state index in [1.165, 1.54) is 13.3 Å². The van der Waals surface area contributed by atoms with Gasteiger partial charge in [0.05, 0.1) is 25.2 Å². The molecule has 0 radical (unpaired) electrons. The Morgan fingerprint density at radius 3 is 2.42 bits per heavy atom. The van der Waals surface area contributed by atoms with Crippen molar-refractivity contribution in [3.8, 4) is 11.5 Å². The number of methoxy groups -OCH3 is 1. The van der Waals surface area contributed by atoms with E-state index in [4.69, 9.17) is 21.1 Å². The molecule has 4 unspecified atom stereocenters. The van der Waals surface area contributed by atoms with Crippen LogP contribution in [0.15, 0.2) is 59.7 Å². The Hall–Kier alpha value is -3.12. The number of imide groups is 1. The summed E-state index contributed by atoms with van der Waals surface area (Å²) in [6, 6.07) is 13.0. The molecule has 7 heteroatoms. The number of carbonyl (C=O) groups is 2. The first-order valence-electron chi connectivity index (χ1n) is 10.2. The second-order valence-electron chi connectivity index (χ2n) is 8.03. The molecular formula is C24H21ClN2O4. The second-order valence-corrected chi connectivity index (χ2v) is 8.47. The van der Waals surface area contributed by atoms with Gasteiger partial charge in [0, 0.05) is 16.7 Å². The first-order chi connectivity index (χ1) is 15.1. The lowest BCUT2D eigenvalue weighted by molar-refractivity contribution is -0.140. The first kappa shape index (κ1) is 19.8. The maximum atomic E-state index is 12.9. The molecule has 1 saturated carbocycles. The van der Waals surface area contributed by atoms with Crippen LogP contribution in [0.3, 0.4) is 0 Å². The Morgan fingerprint density at radius 2 is 1.77 bits per heavy atom. The van der Waals surface area contributed by atoms with E-state index in [1.807, 2.05) is 30.3 Å². The number of fused-ring (bicyclic) bond motifs is 5. The number of hydrazone groups is 1. The molecule has 1 heterocycles. The lowest BCUT2D eigenvalue weighted by atomic mass is 9.85. The van der Waals surface area contributed by atoms with E-state index < -0.39 is 0 Å². The van der Waals surface area contributed by atoms with E-state index in [9.17, 15) is 9.59 Å². The summed E-state index contributed by atoms with van der Waals surface area (Å²) in [5, 5.41) is 5.70. The Morgan fingerprint density at radius 1 is 1.10 bits per heavy atom. The summed E-state index contributed by atoms with van der Waals surface area (Å²) in [5.41, 5.74) is 1.52. The predicted molar refractivity (Wildman–Crippen MR) is 116 cm³/mol. The van der Waals surface area contributed by atoms with Crippen LogP contribution in [0.25, 0.3) is 0 Å². The van der Waals surface area contributed by atoms with Crippen LogP contribution in [0.1, 0.15) is 17.5 Å². The summed E-state index contributed by atoms with van der Waals surface area (Å²) in [4.78, 5) is 25.7. The number of hydrogen-bond donors (Lipinski definition) is 0. The third kappa shape index (κ3) is 3.41. The van der Waals surface area contributed by atoms with Crippen molar-refractivity contribution in [2.45, 2.75) is 13.0 Å². The van der Waals surface area contributed by atoms with Gasteiger partial charge in [-0.25, -0.2) is 0 Å². The molecule has 2 aromatic rings. The van der Waals surface area contributed by atoms with Gasteiger partial charge in [-0.05, 0) is 29.9 Å². The summed E-state index contributed by atoms with van der Waals surface area (Å²) in [6.07, 6.45) is 6.44. The zero-order valence-corrected chi connectivity index (χ0v) is 17.7. The molecule has 0 N–H and O–H groups in total. The standard InChI is InChI=1S/C24H21ClN2O4/c1-30-19-11-18(25)10-17(22(19)31-13-14-5-3-2-4-6-14)12-26-27-23(28)20-15-7-8-16(9-15)21(20)24(27)29/h2-8,10-12,15-16,20-21H,9,13H2,1H3. The molecule has 158 valence electrons. The number of hydrogen-bond acceptors (Lipinski definition) is 5. The smallest absolute Gasteiger partial charge is 0.254 e. The predicted octanol–water partition coefficient (Wildman–Crippen LogP) is 4.07. The van der Waals surface area contributed by atoms with Gasteiger partial charge >= 0.3 is 0 Å². The van der Waals surface area contributed by atoms with Gasteiger partial charge in [-0.15, -0.1) is 0 Å². The molecule has 5 rings (SSSR count). The normalized spacial score (nSPS) is 26.2. The SMILES string of the molecule is COc1cc(Cl)cc(C=NN2C(=O)C3C4C=CC(C4)C3C2=O)c1OCc1ccccc1. The number of rotatable bonds is 6. The molecule has 2 aromatic carbocycles. The molecular weight excluding hydrogens is 416 g/mol. The van der Waals surface area contributed by atoms with Crippen molar-refractivity contribution in [3.05, 3.63) is 70.8 Å². The zero-order valence-electron chi connectivity index (χ0n) is 16.9.